The fourth-order valence-electron chi connectivity index (χ4n) is 2.69. The summed E-state index contributed by atoms with van der Waals surface area (Å²) in [5.74, 6) is 1.47. The summed E-state index contributed by atoms with van der Waals surface area (Å²) < 4.78 is 0. The SMILES string of the molecule is CC(C)CNCCC(C)(O)CC1CCCC1. The Morgan fingerprint density at radius 3 is 2.50 bits per heavy atom. The molecule has 0 aromatic carbocycles. The molecule has 0 bridgehead atoms. The van der Waals surface area contributed by atoms with Gasteiger partial charge in [-0.25, -0.2) is 0 Å². The van der Waals surface area contributed by atoms with E-state index in [1.165, 1.54) is 25.7 Å². The van der Waals surface area contributed by atoms with E-state index < -0.39 is 5.60 Å². The predicted molar refractivity (Wildman–Crippen MR) is 69.5 cm³/mol. The smallest absolute Gasteiger partial charge is 0.0634 e. The van der Waals surface area contributed by atoms with Gasteiger partial charge in [0.1, 0.15) is 0 Å². The van der Waals surface area contributed by atoms with Gasteiger partial charge in [0.15, 0.2) is 0 Å². The number of nitrogens with one attached hydrogen (secondary N) is 1. The van der Waals surface area contributed by atoms with E-state index in [9.17, 15) is 5.11 Å². The summed E-state index contributed by atoms with van der Waals surface area (Å²) in [5.41, 5.74) is -0.459. The van der Waals surface area contributed by atoms with E-state index in [0.29, 0.717) is 5.92 Å². The zero-order valence-corrected chi connectivity index (χ0v) is 11.3. The van der Waals surface area contributed by atoms with Crippen LogP contribution in [0.15, 0.2) is 0 Å². The van der Waals surface area contributed by atoms with Gasteiger partial charge in [-0.15, -0.1) is 0 Å². The zero-order chi connectivity index (χ0) is 12.0. The van der Waals surface area contributed by atoms with Crippen molar-refractivity contribution in [3.63, 3.8) is 0 Å². The van der Waals surface area contributed by atoms with E-state index in [1.54, 1.807) is 0 Å². The van der Waals surface area contributed by atoms with Crippen molar-refractivity contribution in [3.8, 4) is 0 Å². The largest absolute Gasteiger partial charge is 0.390 e. The third kappa shape index (κ3) is 5.86. The summed E-state index contributed by atoms with van der Waals surface area (Å²) in [4.78, 5) is 0. The monoisotopic (exact) mass is 227 g/mol. The minimum absolute atomic E-state index is 0.459. The van der Waals surface area contributed by atoms with Crippen LogP contribution in [0.4, 0.5) is 0 Å². The first-order valence-corrected chi connectivity index (χ1v) is 6.93. The van der Waals surface area contributed by atoms with Crippen LogP contribution in [-0.4, -0.2) is 23.8 Å². The van der Waals surface area contributed by atoms with Crippen LogP contribution in [0.25, 0.3) is 0 Å². The third-order valence-electron chi connectivity index (χ3n) is 3.60. The molecule has 2 N–H and O–H groups in total. The van der Waals surface area contributed by atoms with Crippen molar-refractivity contribution in [2.24, 2.45) is 11.8 Å². The molecular formula is C14H29NO. The van der Waals surface area contributed by atoms with Crippen LogP contribution in [-0.2, 0) is 0 Å². The fraction of sp³-hybridized carbons (Fsp3) is 1.00. The maximum atomic E-state index is 10.3. The molecule has 2 nitrogen and oxygen atoms in total. The molecule has 1 aliphatic carbocycles. The van der Waals surface area contributed by atoms with Crippen LogP contribution in [0, 0.1) is 11.8 Å². The van der Waals surface area contributed by atoms with Crippen molar-refractivity contribution in [2.45, 2.75) is 64.9 Å². The van der Waals surface area contributed by atoms with Crippen LogP contribution in [0.1, 0.15) is 59.3 Å². The molecular weight excluding hydrogens is 198 g/mol. The molecule has 1 fully saturated rings. The average Bonchev–Trinajstić information content (AvgIpc) is 2.64. The van der Waals surface area contributed by atoms with Crippen molar-refractivity contribution in [3.05, 3.63) is 0 Å². The molecule has 1 saturated carbocycles. The molecule has 0 saturated heterocycles. The van der Waals surface area contributed by atoms with Gasteiger partial charge in [-0.1, -0.05) is 39.5 Å². The molecule has 1 unspecified atom stereocenters. The standard InChI is InChI=1S/C14H29NO/c1-12(2)11-15-9-8-14(3,16)10-13-6-4-5-7-13/h12-13,15-16H,4-11H2,1-3H3. The number of rotatable bonds is 7. The van der Waals surface area contributed by atoms with Crippen LogP contribution in [0.5, 0.6) is 0 Å². The summed E-state index contributed by atoms with van der Waals surface area (Å²) in [6.45, 7) is 8.42. The molecule has 2 heteroatoms. The highest BCUT2D eigenvalue weighted by Gasteiger charge is 2.26. The lowest BCUT2D eigenvalue weighted by Crippen LogP contribution is -2.33. The van der Waals surface area contributed by atoms with Gasteiger partial charge in [-0.3, -0.25) is 0 Å². The van der Waals surface area contributed by atoms with E-state index in [1.807, 2.05) is 6.92 Å². The maximum absolute atomic E-state index is 10.3. The van der Waals surface area contributed by atoms with Crippen molar-refractivity contribution in [2.75, 3.05) is 13.1 Å². The van der Waals surface area contributed by atoms with Crippen molar-refractivity contribution >= 4 is 0 Å². The molecule has 16 heavy (non-hydrogen) atoms. The van der Waals surface area contributed by atoms with Crippen molar-refractivity contribution in [1.82, 2.24) is 5.32 Å². The van der Waals surface area contributed by atoms with Gasteiger partial charge in [0.25, 0.3) is 0 Å². The Morgan fingerprint density at radius 2 is 1.94 bits per heavy atom. The Kier molecular flexibility index (Phi) is 5.77. The lowest BCUT2D eigenvalue weighted by molar-refractivity contribution is 0.0264. The lowest BCUT2D eigenvalue weighted by atomic mass is 9.88. The highest BCUT2D eigenvalue weighted by atomic mass is 16.3. The highest BCUT2D eigenvalue weighted by Crippen LogP contribution is 2.32. The molecule has 0 aromatic heterocycles. The molecule has 0 radical (unpaired) electrons. The Bertz CT molecular complexity index is 183. The third-order valence-corrected chi connectivity index (χ3v) is 3.60. The molecule has 1 aliphatic rings. The summed E-state index contributed by atoms with van der Waals surface area (Å²) in [7, 11) is 0. The zero-order valence-electron chi connectivity index (χ0n) is 11.3. The summed E-state index contributed by atoms with van der Waals surface area (Å²) >= 11 is 0. The minimum Gasteiger partial charge on any atom is -0.390 e. The van der Waals surface area contributed by atoms with Crippen LogP contribution < -0.4 is 5.32 Å². The molecule has 0 heterocycles. The van der Waals surface area contributed by atoms with Crippen LogP contribution in [0.3, 0.4) is 0 Å². The fourth-order valence-corrected chi connectivity index (χ4v) is 2.69. The maximum Gasteiger partial charge on any atom is 0.0634 e. The van der Waals surface area contributed by atoms with Gasteiger partial charge >= 0.3 is 0 Å². The molecule has 96 valence electrons. The van der Waals surface area contributed by atoms with Gasteiger partial charge in [-0.2, -0.15) is 0 Å². The Hall–Kier alpha value is -0.0800. The molecule has 1 rings (SSSR count). The average molecular weight is 227 g/mol. The summed E-state index contributed by atoms with van der Waals surface area (Å²) in [5, 5.41) is 13.7. The van der Waals surface area contributed by atoms with Crippen molar-refractivity contribution < 1.29 is 5.11 Å². The highest BCUT2D eigenvalue weighted by molar-refractivity contribution is 4.80. The summed E-state index contributed by atoms with van der Waals surface area (Å²) in [6, 6.07) is 0. The first kappa shape index (κ1) is 14.0. The Morgan fingerprint density at radius 1 is 1.31 bits per heavy atom. The number of aliphatic hydroxyl groups is 1. The Labute approximate surface area is 101 Å². The molecule has 0 amide bonds. The van der Waals surface area contributed by atoms with Gasteiger partial charge in [0.2, 0.25) is 0 Å². The summed E-state index contributed by atoms with van der Waals surface area (Å²) in [6.07, 6.45) is 7.27. The van der Waals surface area contributed by atoms with Gasteiger partial charge in [0, 0.05) is 0 Å². The van der Waals surface area contributed by atoms with E-state index >= 15 is 0 Å². The molecule has 0 aliphatic heterocycles. The molecule has 1 atom stereocenters. The minimum atomic E-state index is -0.459. The lowest BCUT2D eigenvalue weighted by Gasteiger charge is -2.26. The second-order valence-electron chi connectivity index (χ2n) is 6.20. The van der Waals surface area contributed by atoms with Crippen LogP contribution >= 0.6 is 0 Å². The van der Waals surface area contributed by atoms with E-state index in [-0.39, 0.29) is 0 Å². The topological polar surface area (TPSA) is 32.3 Å². The molecule has 0 spiro atoms. The van der Waals surface area contributed by atoms with E-state index in [0.717, 1.165) is 31.8 Å². The second kappa shape index (κ2) is 6.61. The Balaban J connectivity index is 2.12. The first-order chi connectivity index (χ1) is 7.49. The first-order valence-electron chi connectivity index (χ1n) is 6.93. The molecule has 0 aromatic rings. The predicted octanol–water partition coefficient (Wildman–Crippen LogP) is 2.95. The van der Waals surface area contributed by atoms with E-state index in [2.05, 4.69) is 19.2 Å². The normalized spacial score (nSPS) is 21.6. The van der Waals surface area contributed by atoms with Gasteiger partial charge in [0.05, 0.1) is 5.60 Å². The quantitative estimate of drug-likeness (QED) is 0.655. The number of hydrogen-bond donors (Lipinski definition) is 2. The number of hydrogen-bond acceptors (Lipinski definition) is 2. The van der Waals surface area contributed by atoms with Crippen LogP contribution in [0.2, 0.25) is 0 Å². The second-order valence-corrected chi connectivity index (χ2v) is 6.20. The van der Waals surface area contributed by atoms with Gasteiger partial charge < -0.3 is 10.4 Å². The van der Waals surface area contributed by atoms with E-state index in [4.69, 9.17) is 0 Å². The van der Waals surface area contributed by atoms with Gasteiger partial charge in [-0.05, 0) is 44.7 Å². The van der Waals surface area contributed by atoms with Crippen molar-refractivity contribution in [1.29, 1.82) is 0 Å².